The van der Waals surface area contributed by atoms with E-state index in [-0.39, 0.29) is 18.6 Å². The summed E-state index contributed by atoms with van der Waals surface area (Å²) < 4.78 is 11.8. The number of nitrogens with two attached hydrogens (primary N) is 1. The van der Waals surface area contributed by atoms with Gasteiger partial charge in [-0.15, -0.1) is 0 Å². The summed E-state index contributed by atoms with van der Waals surface area (Å²) in [6.07, 6.45) is 0. The van der Waals surface area contributed by atoms with E-state index in [1.165, 1.54) is 0 Å². The van der Waals surface area contributed by atoms with Crippen LogP contribution in [0.3, 0.4) is 0 Å². The van der Waals surface area contributed by atoms with Crippen molar-refractivity contribution < 1.29 is 4.39 Å². The number of halogens is 1. The van der Waals surface area contributed by atoms with E-state index >= 15 is 0 Å². The molecule has 1 aliphatic rings. The monoisotopic (exact) mass is 118 g/mol. The van der Waals surface area contributed by atoms with Crippen LogP contribution in [0.4, 0.5) is 4.39 Å². The largest absolute Gasteiger partial charge is 0.326 e. The molecule has 3 heteroatoms. The zero-order valence-corrected chi connectivity index (χ0v) is 4.73. The molecule has 3 N–H and O–H groups in total. The minimum atomic E-state index is -0.284. The molecule has 1 fully saturated rings. The second-order valence-corrected chi connectivity index (χ2v) is 2.24. The minimum absolute atomic E-state index is 0.0417. The van der Waals surface area contributed by atoms with Crippen molar-refractivity contribution in [2.75, 3.05) is 19.8 Å². The average Bonchev–Trinajstić information content (AvgIpc) is 2.14. The van der Waals surface area contributed by atoms with Crippen molar-refractivity contribution in [3.8, 4) is 0 Å². The number of hydrogen-bond acceptors (Lipinski definition) is 2. The fraction of sp³-hybridized carbons (Fsp3) is 1.00. The van der Waals surface area contributed by atoms with Gasteiger partial charge in [0, 0.05) is 25.0 Å². The molecule has 0 spiro atoms. The van der Waals surface area contributed by atoms with Crippen LogP contribution in [-0.4, -0.2) is 25.8 Å². The number of nitrogens with one attached hydrogen (secondary N) is 1. The van der Waals surface area contributed by atoms with E-state index in [1.54, 1.807) is 0 Å². The molecule has 0 aromatic rings. The molecule has 1 aliphatic heterocycles. The lowest BCUT2D eigenvalue weighted by atomic mass is 10.1. The minimum Gasteiger partial charge on any atom is -0.326 e. The molecule has 1 heterocycles. The Kier molecular flexibility index (Phi) is 1.81. The van der Waals surface area contributed by atoms with E-state index in [0.717, 1.165) is 13.1 Å². The highest BCUT2D eigenvalue weighted by Gasteiger charge is 2.22. The van der Waals surface area contributed by atoms with E-state index in [0.29, 0.717) is 0 Å². The zero-order valence-electron chi connectivity index (χ0n) is 4.73. The van der Waals surface area contributed by atoms with Gasteiger partial charge in [0.05, 0.1) is 6.67 Å². The van der Waals surface area contributed by atoms with Gasteiger partial charge >= 0.3 is 0 Å². The fourth-order valence-corrected chi connectivity index (χ4v) is 0.922. The predicted octanol–water partition coefficient (Wildman–Crippen LogP) is -0.497. The molecule has 1 saturated heterocycles. The molecule has 0 amide bonds. The Morgan fingerprint density at radius 1 is 1.62 bits per heavy atom. The summed E-state index contributed by atoms with van der Waals surface area (Å²) in [6.45, 7) is 1.24. The molecule has 0 unspecified atom stereocenters. The average molecular weight is 118 g/mol. The van der Waals surface area contributed by atoms with E-state index in [4.69, 9.17) is 5.73 Å². The molecule has 0 aromatic carbocycles. The lowest BCUT2D eigenvalue weighted by Crippen LogP contribution is -2.29. The molecule has 0 radical (unpaired) electrons. The van der Waals surface area contributed by atoms with Crippen LogP contribution >= 0.6 is 0 Å². The van der Waals surface area contributed by atoms with Crippen LogP contribution in [0.1, 0.15) is 0 Å². The van der Waals surface area contributed by atoms with Gasteiger partial charge in [0.15, 0.2) is 0 Å². The SMILES string of the molecule is N[C@H]1CNC[C@H]1CF. The number of hydrogen-bond donors (Lipinski definition) is 2. The van der Waals surface area contributed by atoms with Gasteiger partial charge in [0.1, 0.15) is 0 Å². The summed E-state index contributed by atoms with van der Waals surface area (Å²) in [5, 5.41) is 3.01. The molecule has 48 valence electrons. The van der Waals surface area contributed by atoms with Crippen LogP contribution in [0, 0.1) is 5.92 Å². The maximum absolute atomic E-state index is 11.8. The normalized spacial score (nSPS) is 38.2. The van der Waals surface area contributed by atoms with Crippen LogP contribution in [0.15, 0.2) is 0 Å². The van der Waals surface area contributed by atoms with Gasteiger partial charge in [-0.3, -0.25) is 4.39 Å². The maximum atomic E-state index is 11.8. The summed E-state index contributed by atoms with van der Waals surface area (Å²) in [7, 11) is 0. The second kappa shape index (κ2) is 2.42. The molecule has 2 nitrogen and oxygen atoms in total. The first-order valence-corrected chi connectivity index (χ1v) is 2.87. The standard InChI is InChI=1S/C5H11FN2/c6-1-4-2-8-3-5(4)7/h4-5,8H,1-3,7H2/t4-,5+/m1/s1. The second-order valence-electron chi connectivity index (χ2n) is 2.24. The van der Waals surface area contributed by atoms with Crippen molar-refractivity contribution in [1.82, 2.24) is 5.32 Å². The smallest absolute Gasteiger partial charge is 0.0950 e. The van der Waals surface area contributed by atoms with Crippen LogP contribution in [0.5, 0.6) is 0 Å². The summed E-state index contributed by atoms with van der Waals surface area (Å²) >= 11 is 0. The Bertz CT molecular complexity index is 76.8. The lowest BCUT2D eigenvalue weighted by Gasteiger charge is -2.06. The Labute approximate surface area is 48.2 Å². The topological polar surface area (TPSA) is 38.0 Å². The third kappa shape index (κ3) is 0.980. The first-order valence-electron chi connectivity index (χ1n) is 2.87. The van der Waals surface area contributed by atoms with E-state index in [9.17, 15) is 4.39 Å². The zero-order chi connectivity index (χ0) is 5.98. The molecule has 0 bridgehead atoms. The van der Waals surface area contributed by atoms with Crippen molar-refractivity contribution in [3.05, 3.63) is 0 Å². The molecule has 2 atom stereocenters. The third-order valence-corrected chi connectivity index (χ3v) is 1.59. The van der Waals surface area contributed by atoms with E-state index in [2.05, 4.69) is 5.32 Å². The van der Waals surface area contributed by atoms with Gasteiger partial charge in [0.2, 0.25) is 0 Å². The highest BCUT2D eigenvalue weighted by atomic mass is 19.1. The van der Waals surface area contributed by atoms with Crippen LogP contribution in [0.25, 0.3) is 0 Å². The van der Waals surface area contributed by atoms with Gasteiger partial charge in [-0.05, 0) is 0 Å². The van der Waals surface area contributed by atoms with Crippen molar-refractivity contribution in [2.24, 2.45) is 11.7 Å². The van der Waals surface area contributed by atoms with Crippen molar-refractivity contribution >= 4 is 0 Å². The molecular weight excluding hydrogens is 107 g/mol. The summed E-state index contributed by atoms with van der Waals surface area (Å²) in [4.78, 5) is 0. The van der Waals surface area contributed by atoms with Gasteiger partial charge < -0.3 is 11.1 Å². The van der Waals surface area contributed by atoms with Gasteiger partial charge in [-0.2, -0.15) is 0 Å². The summed E-state index contributed by atoms with van der Waals surface area (Å²) in [5.74, 6) is 0.0648. The highest BCUT2D eigenvalue weighted by Crippen LogP contribution is 2.05. The van der Waals surface area contributed by atoms with Crippen molar-refractivity contribution in [1.29, 1.82) is 0 Å². The lowest BCUT2D eigenvalue weighted by molar-refractivity contribution is 0.358. The number of rotatable bonds is 1. The molecule has 0 aliphatic carbocycles. The Morgan fingerprint density at radius 2 is 2.38 bits per heavy atom. The van der Waals surface area contributed by atoms with Gasteiger partial charge in [0.25, 0.3) is 0 Å². The first kappa shape index (κ1) is 5.98. The Hall–Kier alpha value is -0.150. The fourth-order valence-electron chi connectivity index (χ4n) is 0.922. The van der Waals surface area contributed by atoms with Crippen LogP contribution in [-0.2, 0) is 0 Å². The maximum Gasteiger partial charge on any atom is 0.0950 e. The summed E-state index contributed by atoms with van der Waals surface area (Å²) in [6, 6.07) is 0.0417. The van der Waals surface area contributed by atoms with E-state index < -0.39 is 0 Å². The predicted molar refractivity (Wildman–Crippen MR) is 30.3 cm³/mol. The molecule has 1 rings (SSSR count). The van der Waals surface area contributed by atoms with Crippen molar-refractivity contribution in [3.63, 3.8) is 0 Å². The quantitative estimate of drug-likeness (QED) is 0.487. The molecular formula is C5H11FN2. The summed E-state index contributed by atoms with van der Waals surface area (Å²) in [5.41, 5.74) is 5.49. The van der Waals surface area contributed by atoms with Crippen LogP contribution in [0.2, 0.25) is 0 Å². The van der Waals surface area contributed by atoms with Crippen molar-refractivity contribution in [2.45, 2.75) is 6.04 Å². The highest BCUT2D eigenvalue weighted by molar-refractivity contribution is 4.82. The first-order chi connectivity index (χ1) is 3.84. The molecule has 0 aromatic heterocycles. The Morgan fingerprint density at radius 3 is 2.62 bits per heavy atom. The Balaban J connectivity index is 2.30. The third-order valence-electron chi connectivity index (χ3n) is 1.59. The molecule has 8 heavy (non-hydrogen) atoms. The van der Waals surface area contributed by atoms with E-state index in [1.807, 2.05) is 0 Å². The van der Waals surface area contributed by atoms with Gasteiger partial charge in [-0.25, -0.2) is 0 Å². The van der Waals surface area contributed by atoms with Gasteiger partial charge in [-0.1, -0.05) is 0 Å². The van der Waals surface area contributed by atoms with Crippen LogP contribution < -0.4 is 11.1 Å². The molecule has 0 saturated carbocycles. The number of alkyl halides is 1.